The molecule has 3 heteroatoms. The van der Waals surface area contributed by atoms with Gasteiger partial charge in [0.25, 0.3) is 0 Å². The average molecular weight is 196 g/mol. The van der Waals surface area contributed by atoms with Crippen LogP contribution in [0.25, 0.3) is 0 Å². The SMILES string of the molecule is C=COCCOSc1ccccc1. The Balaban J connectivity index is 2.10. The lowest BCUT2D eigenvalue weighted by molar-refractivity contribution is 0.195. The minimum atomic E-state index is 0.545. The highest BCUT2D eigenvalue weighted by atomic mass is 32.2. The number of rotatable bonds is 6. The Morgan fingerprint density at radius 1 is 1.23 bits per heavy atom. The van der Waals surface area contributed by atoms with Gasteiger partial charge in [-0.05, 0) is 12.1 Å². The van der Waals surface area contributed by atoms with Gasteiger partial charge in [0.05, 0.1) is 12.9 Å². The molecule has 0 amide bonds. The fourth-order valence-electron chi connectivity index (χ4n) is 0.751. The molecule has 0 fully saturated rings. The van der Waals surface area contributed by atoms with E-state index in [1.807, 2.05) is 30.3 Å². The molecule has 70 valence electrons. The molecule has 0 saturated carbocycles. The lowest BCUT2D eigenvalue weighted by atomic mass is 10.4. The number of ether oxygens (including phenoxy) is 1. The van der Waals surface area contributed by atoms with Crippen LogP contribution in [0.15, 0.2) is 48.1 Å². The quantitative estimate of drug-likeness (QED) is 0.396. The van der Waals surface area contributed by atoms with Crippen molar-refractivity contribution in [3.8, 4) is 0 Å². The van der Waals surface area contributed by atoms with E-state index in [1.54, 1.807) is 0 Å². The first-order chi connectivity index (χ1) is 6.43. The maximum atomic E-state index is 5.27. The van der Waals surface area contributed by atoms with Crippen LogP contribution in [0.5, 0.6) is 0 Å². The maximum Gasteiger partial charge on any atom is 0.112 e. The van der Waals surface area contributed by atoms with Gasteiger partial charge in [0.15, 0.2) is 0 Å². The summed E-state index contributed by atoms with van der Waals surface area (Å²) in [5.41, 5.74) is 0. The van der Waals surface area contributed by atoms with Crippen LogP contribution in [0.4, 0.5) is 0 Å². The first kappa shape index (κ1) is 10.2. The van der Waals surface area contributed by atoms with E-state index in [2.05, 4.69) is 6.58 Å². The molecule has 0 unspecified atom stereocenters. The third-order valence-electron chi connectivity index (χ3n) is 1.30. The van der Waals surface area contributed by atoms with Gasteiger partial charge < -0.3 is 8.92 Å². The van der Waals surface area contributed by atoms with E-state index in [4.69, 9.17) is 8.92 Å². The fourth-order valence-corrected chi connectivity index (χ4v) is 1.31. The van der Waals surface area contributed by atoms with E-state index in [0.717, 1.165) is 4.90 Å². The van der Waals surface area contributed by atoms with Crippen molar-refractivity contribution in [3.63, 3.8) is 0 Å². The smallest absolute Gasteiger partial charge is 0.112 e. The molecule has 0 heterocycles. The summed E-state index contributed by atoms with van der Waals surface area (Å²) in [6.07, 6.45) is 1.41. The molecular formula is C10H12O2S. The van der Waals surface area contributed by atoms with Crippen molar-refractivity contribution in [2.75, 3.05) is 13.2 Å². The average Bonchev–Trinajstić information content (AvgIpc) is 2.19. The lowest BCUT2D eigenvalue weighted by Gasteiger charge is -2.01. The lowest BCUT2D eigenvalue weighted by Crippen LogP contribution is -1.95. The summed E-state index contributed by atoms with van der Waals surface area (Å²) in [5, 5.41) is 0. The Bertz CT molecular complexity index is 236. The second kappa shape index (κ2) is 6.57. The normalized spacial score (nSPS) is 9.54. The minimum Gasteiger partial charge on any atom is -0.499 e. The van der Waals surface area contributed by atoms with Crippen LogP contribution in [-0.4, -0.2) is 13.2 Å². The van der Waals surface area contributed by atoms with Gasteiger partial charge in [-0.25, -0.2) is 0 Å². The molecule has 0 N–H and O–H groups in total. The number of hydrogen-bond acceptors (Lipinski definition) is 3. The van der Waals surface area contributed by atoms with Crippen molar-refractivity contribution < 1.29 is 8.92 Å². The molecule has 1 aromatic rings. The maximum absolute atomic E-state index is 5.27. The van der Waals surface area contributed by atoms with Gasteiger partial charge in [-0.3, -0.25) is 0 Å². The first-order valence-corrected chi connectivity index (χ1v) is 4.74. The molecule has 1 rings (SSSR count). The highest BCUT2D eigenvalue weighted by Gasteiger charge is 1.92. The third-order valence-corrected chi connectivity index (χ3v) is 2.05. The largest absolute Gasteiger partial charge is 0.499 e. The molecular weight excluding hydrogens is 184 g/mol. The highest BCUT2D eigenvalue weighted by Crippen LogP contribution is 2.17. The molecule has 0 saturated heterocycles. The number of hydrogen-bond donors (Lipinski definition) is 0. The molecule has 0 aliphatic carbocycles. The van der Waals surface area contributed by atoms with Crippen LogP contribution in [0.3, 0.4) is 0 Å². The van der Waals surface area contributed by atoms with Gasteiger partial charge in [0, 0.05) is 16.9 Å². The molecule has 0 aliphatic heterocycles. The summed E-state index contributed by atoms with van der Waals surface area (Å²) in [7, 11) is 0. The molecule has 13 heavy (non-hydrogen) atoms. The Morgan fingerprint density at radius 3 is 2.69 bits per heavy atom. The standard InChI is InChI=1S/C10H12O2S/c1-2-11-8-9-12-13-10-6-4-3-5-7-10/h2-7H,1,8-9H2. The van der Waals surface area contributed by atoms with Crippen LogP contribution in [0.1, 0.15) is 0 Å². The summed E-state index contributed by atoms with van der Waals surface area (Å²) < 4.78 is 10.2. The van der Waals surface area contributed by atoms with Crippen molar-refractivity contribution in [3.05, 3.63) is 43.2 Å². The summed E-state index contributed by atoms with van der Waals surface area (Å²) in [5.74, 6) is 0. The van der Waals surface area contributed by atoms with Crippen molar-refractivity contribution in [1.29, 1.82) is 0 Å². The van der Waals surface area contributed by atoms with Gasteiger partial charge in [0.1, 0.15) is 6.61 Å². The van der Waals surface area contributed by atoms with Crippen LogP contribution >= 0.6 is 12.0 Å². The Kier molecular flexibility index (Phi) is 5.13. The molecule has 1 aromatic carbocycles. The number of benzene rings is 1. The topological polar surface area (TPSA) is 18.5 Å². The summed E-state index contributed by atoms with van der Waals surface area (Å²) in [6.45, 7) is 4.54. The van der Waals surface area contributed by atoms with Crippen molar-refractivity contribution >= 4 is 12.0 Å². The first-order valence-electron chi connectivity index (χ1n) is 4.00. The van der Waals surface area contributed by atoms with Crippen molar-refractivity contribution in [2.24, 2.45) is 0 Å². The van der Waals surface area contributed by atoms with Gasteiger partial charge in [0.2, 0.25) is 0 Å². The van der Waals surface area contributed by atoms with E-state index in [9.17, 15) is 0 Å². The van der Waals surface area contributed by atoms with Gasteiger partial charge in [-0.1, -0.05) is 24.8 Å². The van der Waals surface area contributed by atoms with Crippen molar-refractivity contribution in [2.45, 2.75) is 4.90 Å². The van der Waals surface area contributed by atoms with Crippen LogP contribution in [-0.2, 0) is 8.92 Å². The van der Waals surface area contributed by atoms with Gasteiger partial charge >= 0.3 is 0 Å². The predicted molar refractivity (Wildman–Crippen MR) is 54.4 cm³/mol. The molecule has 0 aromatic heterocycles. The molecule has 0 spiro atoms. The van der Waals surface area contributed by atoms with E-state index >= 15 is 0 Å². The minimum absolute atomic E-state index is 0.545. The molecule has 2 nitrogen and oxygen atoms in total. The monoisotopic (exact) mass is 196 g/mol. The Labute approximate surface area is 82.8 Å². The summed E-state index contributed by atoms with van der Waals surface area (Å²) >= 11 is 1.36. The summed E-state index contributed by atoms with van der Waals surface area (Å²) in [6, 6.07) is 9.93. The third kappa shape index (κ3) is 4.60. The molecule has 0 aliphatic rings. The zero-order valence-electron chi connectivity index (χ0n) is 7.31. The van der Waals surface area contributed by atoms with Gasteiger partial charge in [-0.15, -0.1) is 0 Å². The zero-order chi connectivity index (χ0) is 9.36. The molecule has 0 radical (unpaired) electrons. The second-order valence-corrected chi connectivity index (χ2v) is 3.13. The zero-order valence-corrected chi connectivity index (χ0v) is 8.13. The summed E-state index contributed by atoms with van der Waals surface area (Å²) in [4.78, 5) is 1.10. The molecule has 0 bridgehead atoms. The van der Waals surface area contributed by atoms with E-state index in [1.165, 1.54) is 18.3 Å². The Hall–Kier alpha value is -0.930. The van der Waals surface area contributed by atoms with Crippen LogP contribution in [0, 0.1) is 0 Å². The van der Waals surface area contributed by atoms with E-state index < -0.39 is 0 Å². The molecule has 0 atom stereocenters. The van der Waals surface area contributed by atoms with E-state index in [-0.39, 0.29) is 0 Å². The van der Waals surface area contributed by atoms with Gasteiger partial charge in [-0.2, -0.15) is 0 Å². The van der Waals surface area contributed by atoms with E-state index in [0.29, 0.717) is 13.2 Å². The Morgan fingerprint density at radius 2 is 2.00 bits per heavy atom. The predicted octanol–water partition coefficient (Wildman–Crippen LogP) is 2.87. The second-order valence-electron chi connectivity index (χ2n) is 2.26. The van der Waals surface area contributed by atoms with Crippen molar-refractivity contribution in [1.82, 2.24) is 0 Å². The fraction of sp³-hybridized carbons (Fsp3) is 0.200. The highest BCUT2D eigenvalue weighted by molar-refractivity contribution is 7.94. The van der Waals surface area contributed by atoms with Crippen LogP contribution in [0.2, 0.25) is 0 Å². The van der Waals surface area contributed by atoms with Crippen LogP contribution < -0.4 is 0 Å².